The lowest BCUT2D eigenvalue weighted by Gasteiger charge is -2.17. The number of alkyl halides is 3. The number of pyridine rings is 2. The Balaban J connectivity index is 2.03. The minimum atomic E-state index is -5.49. The molecule has 0 aliphatic heterocycles. The van der Waals surface area contributed by atoms with Crippen molar-refractivity contribution in [3.8, 4) is 5.88 Å². The molecule has 0 fully saturated rings. The average Bonchev–Trinajstić information content (AvgIpc) is 2.66. The minimum absolute atomic E-state index is 0.0298. The van der Waals surface area contributed by atoms with E-state index in [1.807, 2.05) is 6.07 Å². The number of aromatic nitrogens is 2. The van der Waals surface area contributed by atoms with E-state index < -0.39 is 34.1 Å². The second-order valence-corrected chi connectivity index (χ2v) is 8.30. The molecule has 0 aliphatic rings. The number of nitrogens with one attached hydrogen (secondary N) is 2. The van der Waals surface area contributed by atoms with Gasteiger partial charge in [0.25, 0.3) is 5.91 Å². The zero-order valence-electron chi connectivity index (χ0n) is 16.4. The molecule has 2 aromatic heterocycles. The first kappa shape index (κ1) is 23.5. The summed E-state index contributed by atoms with van der Waals surface area (Å²) in [6, 6.07) is 3.40. The molecule has 2 heterocycles. The van der Waals surface area contributed by atoms with Crippen molar-refractivity contribution >= 4 is 15.9 Å². The van der Waals surface area contributed by atoms with E-state index in [9.17, 15) is 26.4 Å². The first-order chi connectivity index (χ1) is 13.9. The highest BCUT2D eigenvalue weighted by atomic mass is 32.2. The highest BCUT2D eigenvalue weighted by Crippen LogP contribution is 2.22. The van der Waals surface area contributed by atoms with Crippen LogP contribution >= 0.6 is 0 Å². The van der Waals surface area contributed by atoms with Crippen molar-refractivity contribution in [3.63, 3.8) is 0 Å². The maximum absolute atomic E-state index is 12.6. The molecule has 0 bridgehead atoms. The molecule has 0 radical (unpaired) electrons. The van der Waals surface area contributed by atoms with Crippen molar-refractivity contribution < 1.29 is 31.1 Å². The molecule has 2 N–H and O–H groups in total. The number of sulfonamides is 1. The van der Waals surface area contributed by atoms with Gasteiger partial charge in [0.2, 0.25) is 5.88 Å². The number of amides is 1. The predicted octanol–water partition coefficient (Wildman–Crippen LogP) is 2.48. The van der Waals surface area contributed by atoms with Crippen LogP contribution in [-0.4, -0.2) is 42.4 Å². The molecule has 2 atom stereocenters. The highest BCUT2D eigenvalue weighted by Gasteiger charge is 2.46. The van der Waals surface area contributed by atoms with E-state index in [1.165, 1.54) is 23.9 Å². The molecule has 0 aliphatic carbocycles. The van der Waals surface area contributed by atoms with E-state index in [2.05, 4.69) is 15.3 Å². The molecule has 2 aromatic rings. The second kappa shape index (κ2) is 9.39. The maximum atomic E-state index is 12.6. The Hall–Kier alpha value is -2.73. The summed E-state index contributed by atoms with van der Waals surface area (Å²) in [7, 11) is -5.49. The third-order valence-electron chi connectivity index (χ3n) is 4.00. The lowest BCUT2D eigenvalue weighted by atomic mass is 10.1. The second-order valence-electron chi connectivity index (χ2n) is 6.60. The molecule has 8 nitrogen and oxygen atoms in total. The molecule has 0 saturated heterocycles. The quantitative estimate of drug-likeness (QED) is 0.645. The van der Waals surface area contributed by atoms with Gasteiger partial charge >= 0.3 is 15.5 Å². The van der Waals surface area contributed by atoms with Gasteiger partial charge in [-0.3, -0.25) is 9.78 Å². The van der Waals surface area contributed by atoms with Gasteiger partial charge in [0, 0.05) is 30.2 Å². The van der Waals surface area contributed by atoms with E-state index in [1.54, 1.807) is 32.3 Å². The van der Waals surface area contributed by atoms with E-state index in [-0.39, 0.29) is 17.5 Å². The van der Waals surface area contributed by atoms with E-state index in [0.717, 1.165) is 5.56 Å². The maximum Gasteiger partial charge on any atom is 0.511 e. The molecule has 1 unspecified atom stereocenters. The van der Waals surface area contributed by atoms with Gasteiger partial charge in [-0.1, -0.05) is 6.07 Å². The van der Waals surface area contributed by atoms with Crippen molar-refractivity contribution in [2.24, 2.45) is 0 Å². The Kier molecular flexibility index (Phi) is 7.37. The normalized spacial score (nSPS) is 14.1. The smallest absolute Gasteiger partial charge is 0.476 e. The number of carbonyl (C=O) groups is 1. The minimum Gasteiger partial charge on any atom is -0.476 e. The molecule has 2 rings (SSSR count). The monoisotopic (exact) mass is 446 g/mol. The number of aryl methyl sites for hydroxylation is 1. The molecular weight excluding hydrogens is 425 g/mol. The zero-order chi connectivity index (χ0) is 22.5. The Morgan fingerprint density at radius 3 is 2.57 bits per heavy atom. The predicted molar refractivity (Wildman–Crippen MR) is 102 cm³/mol. The number of carbonyl (C=O) groups excluding carboxylic acids is 1. The largest absolute Gasteiger partial charge is 0.511 e. The van der Waals surface area contributed by atoms with Gasteiger partial charge in [0.1, 0.15) is 6.61 Å². The fourth-order valence-electron chi connectivity index (χ4n) is 2.39. The third kappa shape index (κ3) is 6.13. The summed E-state index contributed by atoms with van der Waals surface area (Å²) in [5, 5.41) is 2.81. The van der Waals surface area contributed by atoms with Crippen molar-refractivity contribution in [1.29, 1.82) is 0 Å². The Bertz CT molecular complexity index is 985. The molecule has 0 saturated carbocycles. The summed E-state index contributed by atoms with van der Waals surface area (Å²) in [6.07, 6.45) is 4.62. The molecule has 164 valence electrons. The van der Waals surface area contributed by atoms with Gasteiger partial charge in [0.05, 0.1) is 12.1 Å². The first-order valence-corrected chi connectivity index (χ1v) is 10.3. The van der Waals surface area contributed by atoms with Crippen LogP contribution in [0.4, 0.5) is 13.2 Å². The summed E-state index contributed by atoms with van der Waals surface area (Å²) < 4.78 is 66.2. The third-order valence-corrected chi connectivity index (χ3v) is 5.32. The van der Waals surface area contributed by atoms with Crippen LogP contribution in [0.3, 0.4) is 0 Å². The Morgan fingerprint density at radius 1 is 1.27 bits per heavy atom. The standard InChI is InChI=1S/C18H21F3N4O4S/c1-11-8-23-16(29-10-12(2)25-30(27,28)18(19,20)21)7-15(11)17(26)24-13(3)14-5-4-6-22-9-14/h4-9,12-13,25H,10H2,1-3H3,(H,24,26)/t12-,13?/m0/s1. The molecule has 30 heavy (non-hydrogen) atoms. The average molecular weight is 446 g/mol. The van der Waals surface area contributed by atoms with Gasteiger partial charge < -0.3 is 10.1 Å². The van der Waals surface area contributed by atoms with E-state index >= 15 is 0 Å². The van der Waals surface area contributed by atoms with Gasteiger partial charge in [-0.2, -0.15) is 13.2 Å². The van der Waals surface area contributed by atoms with Crippen molar-refractivity contribution in [2.45, 2.75) is 38.4 Å². The highest BCUT2D eigenvalue weighted by molar-refractivity contribution is 7.90. The number of hydrogen-bond donors (Lipinski definition) is 2. The van der Waals surface area contributed by atoms with Gasteiger partial charge in [-0.15, -0.1) is 0 Å². The number of rotatable bonds is 8. The van der Waals surface area contributed by atoms with Crippen LogP contribution in [0.25, 0.3) is 0 Å². The van der Waals surface area contributed by atoms with Crippen LogP contribution in [0.5, 0.6) is 5.88 Å². The summed E-state index contributed by atoms with van der Waals surface area (Å²) >= 11 is 0. The van der Waals surface area contributed by atoms with Crippen molar-refractivity contribution in [3.05, 3.63) is 53.5 Å². The number of ether oxygens (including phenoxy) is 1. The summed E-state index contributed by atoms with van der Waals surface area (Å²) in [6.45, 7) is 4.25. The van der Waals surface area contributed by atoms with Gasteiger partial charge in [-0.25, -0.2) is 18.1 Å². The van der Waals surface area contributed by atoms with Crippen LogP contribution < -0.4 is 14.8 Å². The van der Waals surface area contributed by atoms with Gasteiger partial charge in [-0.05, 0) is 38.0 Å². The SMILES string of the molecule is Cc1cnc(OC[C@H](C)NS(=O)(=O)C(F)(F)F)cc1C(=O)NC(C)c1cccnc1. The fraction of sp³-hybridized carbons (Fsp3) is 0.389. The fourth-order valence-corrected chi connectivity index (χ4v) is 3.13. The van der Waals surface area contributed by atoms with E-state index in [4.69, 9.17) is 4.74 Å². The van der Waals surface area contributed by atoms with Crippen LogP contribution in [0.15, 0.2) is 36.8 Å². The van der Waals surface area contributed by atoms with Gasteiger partial charge in [0.15, 0.2) is 0 Å². The Morgan fingerprint density at radius 2 is 1.97 bits per heavy atom. The molecule has 1 amide bonds. The molecular formula is C18H21F3N4O4S. The van der Waals surface area contributed by atoms with E-state index in [0.29, 0.717) is 5.56 Å². The van der Waals surface area contributed by atoms with Crippen molar-refractivity contribution in [2.75, 3.05) is 6.61 Å². The zero-order valence-corrected chi connectivity index (χ0v) is 17.2. The molecule has 0 spiro atoms. The number of nitrogens with zero attached hydrogens (tertiary/aromatic N) is 2. The van der Waals surface area contributed by atoms with Crippen LogP contribution in [-0.2, 0) is 10.0 Å². The first-order valence-electron chi connectivity index (χ1n) is 8.79. The summed E-state index contributed by atoms with van der Waals surface area (Å²) in [5.74, 6) is -0.431. The summed E-state index contributed by atoms with van der Waals surface area (Å²) in [4.78, 5) is 20.6. The topological polar surface area (TPSA) is 110 Å². The van der Waals surface area contributed by atoms with Crippen LogP contribution in [0, 0.1) is 6.92 Å². The van der Waals surface area contributed by atoms with Crippen LogP contribution in [0.1, 0.15) is 41.4 Å². The Labute approximate surface area is 171 Å². The number of hydrogen-bond acceptors (Lipinski definition) is 6. The molecule has 0 aromatic carbocycles. The number of halogens is 3. The lowest BCUT2D eigenvalue weighted by Crippen LogP contribution is -2.43. The summed E-state index contributed by atoms with van der Waals surface area (Å²) in [5.41, 5.74) is -3.79. The lowest BCUT2D eigenvalue weighted by molar-refractivity contribution is -0.0451. The van der Waals surface area contributed by atoms with Crippen LogP contribution in [0.2, 0.25) is 0 Å². The molecule has 12 heteroatoms. The van der Waals surface area contributed by atoms with Crippen molar-refractivity contribution in [1.82, 2.24) is 20.0 Å².